The first-order chi connectivity index (χ1) is 9.11. The van der Waals surface area contributed by atoms with Crippen molar-refractivity contribution >= 4 is 21.9 Å². The number of hydrogen-bond donors (Lipinski definition) is 0. The topological polar surface area (TPSA) is 44.8 Å². The van der Waals surface area contributed by atoms with E-state index in [1.54, 1.807) is 6.08 Å². The minimum absolute atomic E-state index is 0.193. The fraction of sp³-hybridized carbons (Fsp3) is 0.357. The molecule has 0 saturated heterocycles. The van der Waals surface area contributed by atoms with Crippen LogP contribution in [0.4, 0.5) is 0 Å². The van der Waals surface area contributed by atoms with Gasteiger partial charge in [0.2, 0.25) is 5.76 Å². The molecular formula is C14H15BrO4. The van der Waals surface area contributed by atoms with Crippen molar-refractivity contribution in [2.24, 2.45) is 0 Å². The second-order valence-electron chi connectivity index (χ2n) is 3.94. The molecule has 19 heavy (non-hydrogen) atoms. The summed E-state index contributed by atoms with van der Waals surface area (Å²) in [5, 5.41) is 0. The lowest BCUT2D eigenvalue weighted by Gasteiger charge is -2.25. The van der Waals surface area contributed by atoms with E-state index < -0.39 is 11.8 Å². The highest BCUT2D eigenvalue weighted by Crippen LogP contribution is 2.36. The van der Waals surface area contributed by atoms with Gasteiger partial charge in [0.05, 0.1) is 6.61 Å². The molecular weight excluding hydrogens is 312 g/mol. The molecule has 4 nitrogen and oxygen atoms in total. The van der Waals surface area contributed by atoms with Gasteiger partial charge in [-0.3, -0.25) is 0 Å². The molecule has 0 aromatic heterocycles. The van der Waals surface area contributed by atoms with E-state index in [4.69, 9.17) is 14.2 Å². The van der Waals surface area contributed by atoms with Crippen LogP contribution in [0.5, 0.6) is 0 Å². The molecule has 2 rings (SSSR count). The van der Waals surface area contributed by atoms with Gasteiger partial charge in [-0.2, -0.15) is 0 Å². The van der Waals surface area contributed by atoms with Crippen LogP contribution in [0.25, 0.3) is 0 Å². The maximum absolute atomic E-state index is 11.8. The summed E-state index contributed by atoms with van der Waals surface area (Å²) in [6.07, 6.45) is 1.59. The molecule has 0 saturated carbocycles. The lowest BCUT2D eigenvalue weighted by Crippen LogP contribution is -2.29. The van der Waals surface area contributed by atoms with Gasteiger partial charge >= 0.3 is 5.97 Å². The molecule has 1 aliphatic rings. The third-order valence-corrected chi connectivity index (χ3v) is 3.20. The van der Waals surface area contributed by atoms with Gasteiger partial charge in [0.1, 0.15) is 0 Å². The molecule has 1 aromatic carbocycles. The normalized spacial score (nSPS) is 22.1. The Hall–Kier alpha value is -1.33. The Balaban J connectivity index is 2.39. The van der Waals surface area contributed by atoms with Gasteiger partial charge in [-0.1, -0.05) is 28.1 Å². The number of hydrogen-bond acceptors (Lipinski definition) is 4. The molecule has 1 unspecified atom stereocenters. The molecule has 102 valence electrons. The summed E-state index contributed by atoms with van der Waals surface area (Å²) >= 11 is 3.37. The average molecular weight is 327 g/mol. The predicted octanol–water partition coefficient (Wildman–Crippen LogP) is 3.12. The summed E-state index contributed by atoms with van der Waals surface area (Å²) in [6.45, 7) is 4.48. The number of carbonyl (C=O) groups excluding carboxylic acids is 1. The van der Waals surface area contributed by atoms with Crippen LogP contribution in [0.1, 0.15) is 19.4 Å². The molecule has 0 bridgehead atoms. The lowest BCUT2D eigenvalue weighted by atomic mass is 10.1. The Morgan fingerprint density at radius 3 is 2.47 bits per heavy atom. The Morgan fingerprint density at radius 2 is 1.89 bits per heavy atom. The maximum Gasteiger partial charge on any atom is 0.376 e. The highest BCUT2D eigenvalue weighted by Gasteiger charge is 2.43. The van der Waals surface area contributed by atoms with Crippen LogP contribution < -0.4 is 0 Å². The summed E-state index contributed by atoms with van der Waals surface area (Å²) in [5.74, 6) is -1.49. The smallest absolute Gasteiger partial charge is 0.376 e. The highest BCUT2D eigenvalue weighted by molar-refractivity contribution is 9.10. The van der Waals surface area contributed by atoms with Crippen LogP contribution >= 0.6 is 15.9 Å². The van der Waals surface area contributed by atoms with E-state index in [0.717, 1.165) is 10.0 Å². The van der Waals surface area contributed by atoms with Gasteiger partial charge in [0.25, 0.3) is 5.79 Å². The number of benzene rings is 1. The largest absolute Gasteiger partial charge is 0.487 e. The van der Waals surface area contributed by atoms with Crippen molar-refractivity contribution in [3.63, 3.8) is 0 Å². The molecule has 0 N–H and O–H groups in total. The highest BCUT2D eigenvalue weighted by atomic mass is 79.9. The first-order valence-corrected chi connectivity index (χ1v) is 6.89. The molecule has 0 radical (unpaired) electrons. The monoisotopic (exact) mass is 326 g/mol. The number of rotatable bonds is 5. The van der Waals surface area contributed by atoms with Gasteiger partial charge in [-0.15, -0.1) is 0 Å². The van der Waals surface area contributed by atoms with Crippen LogP contribution in [0.15, 0.2) is 40.6 Å². The van der Waals surface area contributed by atoms with Gasteiger partial charge in [0.15, 0.2) is 0 Å². The van der Waals surface area contributed by atoms with Crippen molar-refractivity contribution in [2.75, 3.05) is 13.2 Å². The number of carbonyl (C=O) groups is 1. The van der Waals surface area contributed by atoms with E-state index in [1.165, 1.54) is 0 Å². The molecule has 1 heterocycles. The molecule has 1 atom stereocenters. The standard InChI is InChI=1S/C14H15BrO4/c1-3-17-12-9-14(18-4-2,19-13(12)16)10-5-7-11(15)8-6-10/h5-9H,3-4H2,1-2H3. The van der Waals surface area contributed by atoms with Crippen molar-refractivity contribution in [1.29, 1.82) is 0 Å². The summed E-state index contributed by atoms with van der Waals surface area (Å²) in [5.41, 5.74) is 0.751. The summed E-state index contributed by atoms with van der Waals surface area (Å²) in [4.78, 5) is 11.8. The Bertz CT molecular complexity index is 495. The number of ether oxygens (including phenoxy) is 3. The molecule has 0 aliphatic carbocycles. The maximum atomic E-state index is 11.8. The van der Waals surface area contributed by atoms with Crippen LogP contribution in [-0.4, -0.2) is 19.2 Å². The number of halogens is 1. The lowest BCUT2D eigenvalue weighted by molar-refractivity contribution is -0.202. The van der Waals surface area contributed by atoms with E-state index >= 15 is 0 Å². The Labute approximate surface area is 120 Å². The van der Waals surface area contributed by atoms with E-state index in [2.05, 4.69) is 15.9 Å². The minimum Gasteiger partial charge on any atom is -0.487 e. The number of esters is 1. The van der Waals surface area contributed by atoms with E-state index in [-0.39, 0.29) is 5.76 Å². The fourth-order valence-corrected chi connectivity index (χ4v) is 2.16. The molecule has 0 amide bonds. The molecule has 1 aromatic rings. The first-order valence-electron chi connectivity index (χ1n) is 6.10. The van der Waals surface area contributed by atoms with Crippen molar-refractivity contribution in [3.8, 4) is 0 Å². The van der Waals surface area contributed by atoms with Crippen molar-refractivity contribution < 1.29 is 19.0 Å². The van der Waals surface area contributed by atoms with E-state index in [1.807, 2.05) is 38.1 Å². The zero-order chi connectivity index (χ0) is 13.9. The summed E-state index contributed by atoms with van der Waals surface area (Å²) in [6, 6.07) is 7.43. The van der Waals surface area contributed by atoms with E-state index in [9.17, 15) is 4.79 Å². The summed E-state index contributed by atoms with van der Waals surface area (Å²) < 4.78 is 17.2. The molecule has 5 heteroatoms. The molecule has 1 aliphatic heterocycles. The predicted molar refractivity (Wildman–Crippen MR) is 73.2 cm³/mol. The molecule has 0 fully saturated rings. The van der Waals surface area contributed by atoms with Crippen molar-refractivity contribution in [2.45, 2.75) is 19.6 Å². The second kappa shape index (κ2) is 5.75. The fourth-order valence-electron chi connectivity index (χ4n) is 1.90. The zero-order valence-electron chi connectivity index (χ0n) is 10.8. The second-order valence-corrected chi connectivity index (χ2v) is 4.85. The van der Waals surface area contributed by atoms with Crippen molar-refractivity contribution in [3.05, 3.63) is 46.1 Å². The van der Waals surface area contributed by atoms with Crippen LogP contribution in [0.3, 0.4) is 0 Å². The van der Waals surface area contributed by atoms with Crippen LogP contribution in [-0.2, 0) is 24.8 Å². The van der Waals surface area contributed by atoms with Crippen LogP contribution in [0.2, 0.25) is 0 Å². The average Bonchev–Trinajstić information content (AvgIpc) is 2.69. The quantitative estimate of drug-likeness (QED) is 0.780. The summed E-state index contributed by atoms with van der Waals surface area (Å²) in [7, 11) is 0. The minimum atomic E-state index is -1.18. The van der Waals surface area contributed by atoms with Crippen LogP contribution in [0, 0.1) is 0 Å². The van der Waals surface area contributed by atoms with Gasteiger partial charge in [-0.05, 0) is 26.0 Å². The van der Waals surface area contributed by atoms with Gasteiger partial charge < -0.3 is 14.2 Å². The SMILES string of the molecule is CCOC1=CC(OCC)(c2ccc(Br)cc2)OC1=O. The van der Waals surface area contributed by atoms with Gasteiger partial charge in [0, 0.05) is 22.7 Å². The third-order valence-electron chi connectivity index (χ3n) is 2.67. The Kier molecular flexibility index (Phi) is 4.27. The van der Waals surface area contributed by atoms with E-state index in [0.29, 0.717) is 13.2 Å². The Morgan fingerprint density at radius 1 is 1.21 bits per heavy atom. The number of cyclic esters (lactones) is 1. The van der Waals surface area contributed by atoms with Gasteiger partial charge in [-0.25, -0.2) is 4.79 Å². The molecule has 0 spiro atoms. The zero-order valence-corrected chi connectivity index (χ0v) is 12.4. The first kappa shape index (κ1) is 14.1. The van der Waals surface area contributed by atoms with Crippen molar-refractivity contribution in [1.82, 2.24) is 0 Å². The third kappa shape index (κ3) is 2.82.